The highest BCUT2D eigenvalue weighted by molar-refractivity contribution is 5.94. The molecule has 1 heterocycles. The van der Waals surface area contributed by atoms with Gasteiger partial charge < -0.3 is 9.80 Å². The number of piperazine rings is 1. The van der Waals surface area contributed by atoms with E-state index in [0.717, 1.165) is 25.2 Å². The first-order valence-corrected chi connectivity index (χ1v) is 8.14. The third kappa shape index (κ3) is 4.19. The van der Waals surface area contributed by atoms with E-state index in [1.54, 1.807) is 17.0 Å². The molecular weight excluding hydrogens is 325 g/mol. The van der Waals surface area contributed by atoms with Crippen LogP contribution in [0.15, 0.2) is 48.5 Å². The Bertz CT molecular complexity index is 754. The minimum Gasteiger partial charge on any atom is -0.328 e. The van der Waals surface area contributed by atoms with E-state index in [4.69, 9.17) is 0 Å². The summed E-state index contributed by atoms with van der Waals surface area (Å²) < 4.78 is 13.0. The van der Waals surface area contributed by atoms with Crippen LogP contribution in [0, 0.1) is 15.9 Å². The average molecular weight is 344 g/mol. The fourth-order valence-electron chi connectivity index (χ4n) is 3.00. The fourth-order valence-corrected chi connectivity index (χ4v) is 3.00. The molecule has 1 fully saturated rings. The number of halogens is 1. The van der Waals surface area contributed by atoms with Gasteiger partial charge in [-0.2, -0.15) is 0 Å². The first-order valence-electron chi connectivity index (χ1n) is 8.14. The highest BCUT2D eigenvalue weighted by Crippen LogP contribution is 2.11. The maximum atomic E-state index is 13.0. The van der Waals surface area contributed by atoms with Gasteiger partial charge in [0.2, 0.25) is 0 Å². The van der Waals surface area contributed by atoms with Crippen LogP contribution >= 0.6 is 0 Å². The molecule has 1 aliphatic heterocycles. The van der Waals surface area contributed by atoms with Crippen LogP contribution in [0.5, 0.6) is 0 Å². The largest absolute Gasteiger partial charge is 0.328 e. The smallest absolute Gasteiger partial charge is 0.269 e. The number of carbonyl (C=O) groups excluding carboxylic acids is 1. The van der Waals surface area contributed by atoms with Crippen molar-refractivity contribution in [1.82, 2.24) is 4.90 Å². The van der Waals surface area contributed by atoms with Crippen molar-refractivity contribution in [3.63, 3.8) is 0 Å². The van der Waals surface area contributed by atoms with Crippen LogP contribution in [0.2, 0.25) is 0 Å². The van der Waals surface area contributed by atoms with Gasteiger partial charge in [0.15, 0.2) is 0 Å². The number of quaternary nitrogens is 1. The molecule has 2 aromatic carbocycles. The monoisotopic (exact) mass is 344 g/mol. The van der Waals surface area contributed by atoms with Crippen LogP contribution in [0.4, 0.5) is 10.1 Å². The summed E-state index contributed by atoms with van der Waals surface area (Å²) >= 11 is 0. The van der Waals surface area contributed by atoms with Crippen LogP contribution in [0.25, 0.3) is 0 Å². The molecule has 6 nitrogen and oxygen atoms in total. The molecule has 1 aliphatic rings. The number of nitrogens with one attached hydrogen (secondary N) is 1. The van der Waals surface area contributed by atoms with Crippen LogP contribution in [0.3, 0.4) is 0 Å². The predicted octanol–water partition coefficient (Wildman–Crippen LogP) is 1.27. The molecule has 3 rings (SSSR count). The summed E-state index contributed by atoms with van der Waals surface area (Å²) in [7, 11) is 0. The summed E-state index contributed by atoms with van der Waals surface area (Å²) in [6.45, 7) is 3.67. The Morgan fingerprint density at radius 1 is 1.08 bits per heavy atom. The maximum Gasteiger partial charge on any atom is 0.269 e. The molecule has 130 valence electrons. The number of nitro groups is 1. The number of rotatable bonds is 4. The normalized spacial score (nSPS) is 15.2. The number of nitro benzene ring substituents is 1. The molecule has 0 unspecified atom stereocenters. The number of benzene rings is 2. The van der Waals surface area contributed by atoms with Gasteiger partial charge in [-0.3, -0.25) is 14.9 Å². The van der Waals surface area contributed by atoms with Crippen molar-refractivity contribution in [3.8, 4) is 0 Å². The highest BCUT2D eigenvalue weighted by atomic mass is 19.1. The van der Waals surface area contributed by atoms with Crippen molar-refractivity contribution in [2.45, 2.75) is 6.54 Å². The Morgan fingerprint density at radius 3 is 2.24 bits per heavy atom. The first kappa shape index (κ1) is 17.0. The van der Waals surface area contributed by atoms with E-state index < -0.39 is 4.92 Å². The third-order valence-corrected chi connectivity index (χ3v) is 4.45. The van der Waals surface area contributed by atoms with Gasteiger partial charge in [0, 0.05) is 23.3 Å². The van der Waals surface area contributed by atoms with Crippen LogP contribution in [-0.2, 0) is 6.54 Å². The molecule has 25 heavy (non-hydrogen) atoms. The van der Waals surface area contributed by atoms with Crippen molar-refractivity contribution in [2.75, 3.05) is 26.2 Å². The van der Waals surface area contributed by atoms with Gasteiger partial charge >= 0.3 is 0 Å². The zero-order valence-electron chi connectivity index (χ0n) is 13.7. The lowest BCUT2D eigenvalue weighted by atomic mass is 10.1. The quantitative estimate of drug-likeness (QED) is 0.671. The highest BCUT2D eigenvalue weighted by Gasteiger charge is 2.24. The molecule has 1 saturated heterocycles. The second kappa shape index (κ2) is 7.40. The van der Waals surface area contributed by atoms with Crippen molar-refractivity contribution >= 4 is 11.6 Å². The number of hydrogen-bond donors (Lipinski definition) is 1. The molecule has 0 spiro atoms. The molecule has 2 aromatic rings. The standard InChI is InChI=1S/C18H18FN3O3/c19-16-5-3-15(4-6-16)18(23)21-11-9-20(10-12-21)13-14-1-7-17(8-2-14)22(24)25/h1-8H,9-13H2/p+1. The second-order valence-electron chi connectivity index (χ2n) is 6.15. The molecular formula is C18H19FN3O3+. The number of amides is 1. The van der Waals surface area contributed by atoms with Gasteiger partial charge in [-0.05, 0) is 36.4 Å². The lowest BCUT2D eigenvalue weighted by molar-refractivity contribution is -0.917. The summed E-state index contributed by atoms with van der Waals surface area (Å²) in [6.07, 6.45) is 0. The van der Waals surface area contributed by atoms with Gasteiger partial charge in [0.25, 0.3) is 11.6 Å². The van der Waals surface area contributed by atoms with Crippen molar-refractivity contribution in [1.29, 1.82) is 0 Å². The van der Waals surface area contributed by atoms with E-state index in [1.165, 1.54) is 41.3 Å². The van der Waals surface area contributed by atoms with Crippen molar-refractivity contribution in [3.05, 3.63) is 75.6 Å². The molecule has 7 heteroatoms. The average Bonchev–Trinajstić information content (AvgIpc) is 2.63. The predicted molar refractivity (Wildman–Crippen MR) is 89.8 cm³/mol. The zero-order valence-corrected chi connectivity index (χ0v) is 13.7. The van der Waals surface area contributed by atoms with Crippen LogP contribution < -0.4 is 4.90 Å². The summed E-state index contributed by atoms with van der Waals surface area (Å²) in [5.74, 6) is -0.428. The van der Waals surface area contributed by atoms with Gasteiger partial charge in [-0.25, -0.2) is 4.39 Å². The van der Waals surface area contributed by atoms with E-state index in [-0.39, 0.29) is 17.4 Å². The molecule has 0 radical (unpaired) electrons. The second-order valence-corrected chi connectivity index (χ2v) is 6.15. The summed E-state index contributed by atoms with van der Waals surface area (Å²) in [5.41, 5.74) is 1.63. The molecule has 0 aliphatic carbocycles. The first-order chi connectivity index (χ1) is 12.0. The SMILES string of the molecule is O=C(c1ccc(F)cc1)N1CC[NH+](Cc2ccc([N+](=O)[O-])cc2)CC1. The minimum atomic E-state index is -0.406. The van der Waals surface area contributed by atoms with Crippen molar-refractivity contribution < 1.29 is 19.0 Å². The fraction of sp³-hybridized carbons (Fsp3) is 0.278. The van der Waals surface area contributed by atoms with E-state index >= 15 is 0 Å². The molecule has 0 aromatic heterocycles. The van der Waals surface area contributed by atoms with Crippen LogP contribution in [0.1, 0.15) is 15.9 Å². The van der Waals surface area contributed by atoms with Gasteiger partial charge in [-0.1, -0.05) is 0 Å². The van der Waals surface area contributed by atoms with E-state index in [2.05, 4.69) is 0 Å². The Balaban J connectivity index is 1.53. The Hall–Kier alpha value is -2.80. The molecule has 0 bridgehead atoms. The lowest BCUT2D eigenvalue weighted by Crippen LogP contribution is -3.13. The molecule has 0 saturated carbocycles. The molecule has 1 amide bonds. The van der Waals surface area contributed by atoms with E-state index in [0.29, 0.717) is 18.7 Å². The number of hydrogen-bond acceptors (Lipinski definition) is 3. The molecule has 1 N–H and O–H groups in total. The van der Waals surface area contributed by atoms with Crippen molar-refractivity contribution in [2.24, 2.45) is 0 Å². The summed E-state index contributed by atoms with van der Waals surface area (Å²) in [4.78, 5) is 25.8. The topological polar surface area (TPSA) is 67.9 Å². The third-order valence-electron chi connectivity index (χ3n) is 4.45. The number of carbonyl (C=O) groups is 1. The van der Waals surface area contributed by atoms with Gasteiger partial charge in [0.1, 0.15) is 12.4 Å². The summed E-state index contributed by atoms with van der Waals surface area (Å²) in [6, 6.07) is 12.2. The molecule has 0 atom stereocenters. The minimum absolute atomic E-state index is 0.0746. The Labute approximate surface area is 144 Å². The van der Waals surface area contributed by atoms with Gasteiger partial charge in [0.05, 0.1) is 31.1 Å². The Morgan fingerprint density at radius 2 is 1.68 bits per heavy atom. The maximum absolute atomic E-state index is 13.0. The van der Waals surface area contributed by atoms with E-state index in [9.17, 15) is 19.3 Å². The lowest BCUT2D eigenvalue weighted by Gasteiger charge is -2.32. The zero-order chi connectivity index (χ0) is 17.8. The summed E-state index contributed by atoms with van der Waals surface area (Å²) in [5, 5.41) is 10.7. The van der Waals surface area contributed by atoms with Crippen LogP contribution in [-0.4, -0.2) is 41.9 Å². The van der Waals surface area contributed by atoms with E-state index in [1.807, 2.05) is 0 Å². The number of nitrogens with zero attached hydrogens (tertiary/aromatic N) is 2. The van der Waals surface area contributed by atoms with Gasteiger partial charge in [-0.15, -0.1) is 0 Å². The number of non-ortho nitro benzene ring substituents is 1. The Kier molecular flexibility index (Phi) is 5.04.